The van der Waals surface area contributed by atoms with E-state index in [4.69, 9.17) is 0 Å². The molecule has 0 atom stereocenters. The molecule has 4 rings (SSSR count). The monoisotopic (exact) mass is 400 g/mol. The number of hydrogen-bond donors (Lipinski definition) is 1. The number of nitrogens with zero attached hydrogens (tertiary/aromatic N) is 1. The largest absolute Gasteiger partial charge is 0.350 e. The summed E-state index contributed by atoms with van der Waals surface area (Å²) >= 11 is 0. The first-order chi connectivity index (χ1) is 14.5. The van der Waals surface area contributed by atoms with Crippen molar-refractivity contribution in [2.24, 2.45) is 0 Å². The zero-order valence-electron chi connectivity index (χ0n) is 16.8. The summed E-state index contributed by atoms with van der Waals surface area (Å²) in [4.78, 5) is 27.9. The third-order valence-corrected chi connectivity index (χ3v) is 5.20. The van der Waals surface area contributed by atoms with Crippen LogP contribution >= 0.6 is 0 Å². The Morgan fingerprint density at radius 3 is 2.17 bits per heavy atom. The molecule has 0 bridgehead atoms. The molecule has 0 aromatic heterocycles. The van der Waals surface area contributed by atoms with Gasteiger partial charge >= 0.3 is 0 Å². The fraction of sp³-hybridized carbons (Fsp3) is 0.120. The third-order valence-electron chi connectivity index (χ3n) is 5.20. The number of carbonyl (C=O) groups is 2. The Labute approximate surface area is 174 Å². The van der Waals surface area contributed by atoms with Crippen molar-refractivity contribution in [1.82, 2.24) is 0 Å². The summed E-state index contributed by atoms with van der Waals surface area (Å²) in [5, 5.41) is 3.13. The molecule has 3 aromatic carbocycles. The highest BCUT2D eigenvalue weighted by molar-refractivity contribution is 6.46. The van der Waals surface area contributed by atoms with Gasteiger partial charge in [-0.1, -0.05) is 49.4 Å². The lowest BCUT2D eigenvalue weighted by atomic mass is 10.0. The standard InChI is InChI=1S/C25H21FN2O2/c1-3-17-8-14-20(15-9-17)27-23-22(18-10-12-19(26)13-11-18)24(29)28(25(23)30)21-7-5-4-6-16(21)2/h4-15,27H,3H2,1-2H3. The number of halogens is 1. The van der Waals surface area contributed by atoms with Crippen molar-refractivity contribution in [3.05, 3.63) is 101 Å². The summed E-state index contributed by atoms with van der Waals surface area (Å²) in [6.07, 6.45) is 0.905. The second-order valence-corrected chi connectivity index (χ2v) is 7.16. The van der Waals surface area contributed by atoms with Gasteiger partial charge in [0.05, 0.1) is 11.3 Å². The molecule has 0 unspecified atom stereocenters. The number of rotatable bonds is 5. The van der Waals surface area contributed by atoms with Crippen LogP contribution in [0.15, 0.2) is 78.5 Å². The van der Waals surface area contributed by atoms with E-state index in [1.54, 1.807) is 12.1 Å². The summed E-state index contributed by atoms with van der Waals surface area (Å²) in [6, 6.07) is 20.5. The van der Waals surface area contributed by atoms with E-state index in [0.29, 0.717) is 16.9 Å². The first kappa shape index (κ1) is 19.6. The normalized spacial score (nSPS) is 13.9. The summed E-state index contributed by atoms with van der Waals surface area (Å²) in [7, 11) is 0. The maximum Gasteiger partial charge on any atom is 0.282 e. The number of aryl methyl sites for hydroxylation is 2. The second kappa shape index (κ2) is 7.95. The zero-order chi connectivity index (χ0) is 21.3. The molecule has 0 aliphatic carbocycles. The maximum atomic E-state index is 13.5. The van der Waals surface area contributed by atoms with Gasteiger partial charge in [0, 0.05) is 5.69 Å². The summed E-state index contributed by atoms with van der Waals surface area (Å²) in [6.45, 7) is 3.92. The number of carbonyl (C=O) groups excluding carboxylic acids is 2. The predicted octanol–water partition coefficient (Wildman–Crippen LogP) is 5.09. The molecule has 1 heterocycles. The van der Waals surface area contributed by atoms with E-state index in [0.717, 1.165) is 12.0 Å². The van der Waals surface area contributed by atoms with Crippen LogP contribution in [-0.2, 0) is 16.0 Å². The summed E-state index contributed by atoms with van der Waals surface area (Å²) in [5.74, 6) is -1.28. The van der Waals surface area contributed by atoms with Crippen molar-refractivity contribution in [3.8, 4) is 0 Å². The molecule has 150 valence electrons. The zero-order valence-corrected chi connectivity index (χ0v) is 16.8. The fourth-order valence-corrected chi connectivity index (χ4v) is 3.53. The minimum atomic E-state index is -0.437. The highest BCUT2D eigenvalue weighted by Crippen LogP contribution is 2.35. The molecule has 30 heavy (non-hydrogen) atoms. The van der Waals surface area contributed by atoms with E-state index in [1.807, 2.05) is 43.3 Å². The third kappa shape index (κ3) is 3.50. The van der Waals surface area contributed by atoms with Crippen molar-refractivity contribution in [2.75, 3.05) is 10.2 Å². The quantitative estimate of drug-likeness (QED) is 0.607. The average molecular weight is 400 g/mol. The topological polar surface area (TPSA) is 49.4 Å². The van der Waals surface area contributed by atoms with Crippen LogP contribution in [0.4, 0.5) is 15.8 Å². The smallest absolute Gasteiger partial charge is 0.282 e. The number of hydrogen-bond acceptors (Lipinski definition) is 3. The Bertz CT molecular complexity index is 1150. The van der Waals surface area contributed by atoms with Crippen molar-refractivity contribution in [1.29, 1.82) is 0 Å². The number of para-hydroxylation sites is 1. The molecule has 1 aliphatic rings. The molecule has 0 saturated carbocycles. The molecule has 4 nitrogen and oxygen atoms in total. The van der Waals surface area contributed by atoms with Gasteiger partial charge in [0.15, 0.2) is 0 Å². The Morgan fingerprint density at radius 2 is 1.53 bits per heavy atom. The molecule has 0 fully saturated rings. The van der Waals surface area contributed by atoms with Gasteiger partial charge < -0.3 is 5.32 Å². The van der Waals surface area contributed by atoms with E-state index >= 15 is 0 Å². The van der Waals surface area contributed by atoms with Gasteiger partial charge in [0.1, 0.15) is 11.5 Å². The van der Waals surface area contributed by atoms with Crippen LogP contribution in [-0.4, -0.2) is 11.8 Å². The minimum absolute atomic E-state index is 0.180. The Morgan fingerprint density at radius 1 is 0.867 bits per heavy atom. The maximum absolute atomic E-state index is 13.5. The molecule has 0 saturated heterocycles. The lowest BCUT2D eigenvalue weighted by Crippen LogP contribution is -2.33. The number of benzene rings is 3. The van der Waals surface area contributed by atoms with Crippen LogP contribution in [0.5, 0.6) is 0 Å². The van der Waals surface area contributed by atoms with E-state index in [9.17, 15) is 14.0 Å². The van der Waals surface area contributed by atoms with E-state index in [2.05, 4.69) is 12.2 Å². The molecule has 5 heteroatoms. The van der Waals surface area contributed by atoms with E-state index in [-0.39, 0.29) is 11.3 Å². The highest BCUT2D eigenvalue weighted by Gasteiger charge is 2.40. The second-order valence-electron chi connectivity index (χ2n) is 7.16. The fourth-order valence-electron chi connectivity index (χ4n) is 3.53. The van der Waals surface area contributed by atoms with Crippen LogP contribution in [0.3, 0.4) is 0 Å². The molecule has 2 amide bonds. The Balaban J connectivity index is 1.81. The van der Waals surface area contributed by atoms with Crippen LogP contribution in [0.25, 0.3) is 5.57 Å². The predicted molar refractivity (Wildman–Crippen MR) is 116 cm³/mol. The van der Waals surface area contributed by atoms with Gasteiger partial charge in [-0.2, -0.15) is 0 Å². The Kier molecular flexibility index (Phi) is 5.19. The number of amides is 2. The lowest BCUT2D eigenvalue weighted by Gasteiger charge is -2.17. The number of nitrogens with one attached hydrogen (secondary N) is 1. The van der Waals surface area contributed by atoms with Gasteiger partial charge in [-0.15, -0.1) is 0 Å². The molecule has 1 N–H and O–H groups in total. The first-order valence-corrected chi connectivity index (χ1v) is 9.80. The van der Waals surface area contributed by atoms with Crippen molar-refractivity contribution >= 4 is 28.8 Å². The van der Waals surface area contributed by atoms with Crippen LogP contribution in [0.2, 0.25) is 0 Å². The molecule has 1 aliphatic heterocycles. The van der Waals surface area contributed by atoms with Gasteiger partial charge in [-0.3, -0.25) is 9.59 Å². The van der Waals surface area contributed by atoms with Gasteiger partial charge in [-0.05, 0) is 60.4 Å². The minimum Gasteiger partial charge on any atom is -0.350 e. The summed E-state index contributed by atoms with van der Waals surface area (Å²) in [5.41, 5.74) is 4.11. The summed E-state index contributed by atoms with van der Waals surface area (Å²) < 4.78 is 13.5. The van der Waals surface area contributed by atoms with Crippen molar-refractivity contribution in [2.45, 2.75) is 20.3 Å². The SMILES string of the molecule is CCc1ccc(NC2=C(c3ccc(F)cc3)C(=O)N(c3ccccc3C)C2=O)cc1. The van der Waals surface area contributed by atoms with E-state index < -0.39 is 17.6 Å². The van der Waals surface area contributed by atoms with E-state index in [1.165, 1.54) is 34.7 Å². The molecule has 0 radical (unpaired) electrons. The lowest BCUT2D eigenvalue weighted by molar-refractivity contribution is -0.120. The van der Waals surface area contributed by atoms with Crippen molar-refractivity contribution in [3.63, 3.8) is 0 Å². The Hall–Kier alpha value is -3.73. The van der Waals surface area contributed by atoms with Crippen LogP contribution < -0.4 is 10.2 Å². The highest BCUT2D eigenvalue weighted by atomic mass is 19.1. The molecule has 0 spiro atoms. The van der Waals surface area contributed by atoms with Gasteiger partial charge in [0.2, 0.25) is 0 Å². The molecular formula is C25H21FN2O2. The number of imide groups is 1. The average Bonchev–Trinajstić information content (AvgIpc) is 2.99. The first-order valence-electron chi connectivity index (χ1n) is 9.80. The van der Waals surface area contributed by atoms with Gasteiger partial charge in [-0.25, -0.2) is 9.29 Å². The van der Waals surface area contributed by atoms with Crippen LogP contribution in [0, 0.1) is 12.7 Å². The molecular weight excluding hydrogens is 379 g/mol. The number of anilines is 2. The van der Waals surface area contributed by atoms with Gasteiger partial charge in [0.25, 0.3) is 11.8 Å². The molecule has 3 aromatic rings. The van der Waals surface area contributed by atoms with Crippen molar-refractivity contribution < 1.29 is 14.0 Å². The van der Waals surface area contributed by atoms with Crippen LogP contribution in [0.1, 0.15) is 23.6 Å².